The first-order chi connectivity index (χ1) is 15.7. The van der Waals surface area contributed by atoms with Crippen LogP contribution in [0.1, 0.15) is 11.6 Å². The zero-order valence-electron chi connectivity index (χ0n) is 16.7. The molecule has 12 heteroatoms. The number of aliphatic carboxylic acids is 1. The van der Waals surface area contributed by atoms with Crippen molar-refractivity contribution < 1.29 is 27.8 Å². The predicted molar refractivity (Wildman–Crippen MR) is 113 cm³/mol. The van der Waals surface area contributed by atoms with Crippen LogP contribution in [-0.2, 0) is 14.8 Å². The molecule has 0 radical (unpaired) electrons. The van der Waals surface area contributed by atoms with Gasteiger partial charge in [0, 0.05) is 5.56 Å². The predicted octanol–water partition coefficient (Wildman–Crippen LogP) is 2.28. The minimum absolute atomic E-state index is 0.0775. The Labute approximate surface area is 187 Å². The van der Waals surface area contributed by atoms with Crippen LogP contribution in [0.15, 0.2) is 77.7 Å². The van der Waals surface area contributed by atoms with E-state index in [1.54, 1.807) is 0 Å². The first kappa shape index (κ1) is 22.0. The summed E-state index contributed by atoms with van der Waals surface area (Å²) in [5, 5.41) is 30.9. The highest BCUT2D eigenvalue weighted by Crippen LogP contribution is 2.22. The summed E-state index contributed by atoms with van der Waals surface area (Å²) in [6.45, 7) is 0. The van der Waals surface area contributed by atoms with Gasteiger partial charge in [-0.15, -0.1) is 15.0 Å². The van der Waals surface area contributed by atoms with Gasteiger partial charge in [0.15, 0.2) is 0 Å². The Hall–Kier alpha value is -4.16. The average molecular weight is 469 g/mol. The zero-order valence-corrected chi connectivity index (χ0v) is 17.5. The van der Waals surface area contributed by atoms with Gasteiger partial charge in [-0.3, -0.25) is 4.79 Å². The van der Waals surface area contributed by atoms with Crippen molar-refractivity contribution >= 4 is 16.0 Å². The molecule has 168 valence electrons. The topological polar surface area (TPSA) is 147 Å². The smallest absolute Gasteiger partial charge is 0.326 e. The van der Waals surface area contributed by atoms with Gasteiger partial charge in [0.1, 0.15) is 17.6 Å². The first-order valence-corrected chi connectivity index (χ1v) is 10.9. The van der Waals surface area contributed by atoms with E-state index >= 15 is 0 Å². The van der Waals surface area contributed by atoms with E-state index in [0.717, 1.165) is 0 Å². The molecule has 0 saturated carbocycles. The monoisotopic (exact) mass is 469 g/mol. The van der Waals surface area contributed by atoms with Gasteiger partial charge in [-0.25, -0.2) is 12.8 Å². The molecule has 1 unspecified atom stereocenters. The molecule has 1 aromatic heterocycles. The summed E-state index contributed by atoms with van der Waals surface area (Å²) < 4.78 is 40.7. The number of carboxylic acids is 1. The van der Waals surface area contributed by atoms with Crippen molar-refractivity contribution in [2.24, 2.45) is 0 Å². The lowest BCUT2D eigenvalue weighted by Gasteiger charge is -2.15. The number of benzene rings is 3. The van der Waals surface area contributed by atoms with Gasteiger partial charge in [0.2, 0.25) is 15.8 Å². The number of tetrazole rings is 1. The fraction of sp³-hybridized carbons (Fsp3) is 0.0476. The SMILES string of the molecule is O=C(O)C(NS(=O)(=O)c1ccc(-c2nnn(-c3ccc(F)cc3)n2)cc1)c1ccc(O)cc1. The fourth-order valence-electron chi connectivity index (χ4n) is 2.95. The maximum atomic E-state index is 13.1. The van der Waals surface area contributed by atoms with E-state index in [2.05, 4.69) is 20.1 Å². The second-order valence-electron chi connectivity index (χ2n) is 6.89. The van der Waals surface area contributed by atoms with Crippen LogP contribution in [0.5, 0.6) is 5.75 Å². The van der Waals surface area contributed by atoms with Crippen LogP contribution in [0.25, 0.3) is 17.1 Å². The number of phenolic OH excluding ortho intramolecular Hbond substituents is 1. The molecule has 0 spiro atoms. The van der Waals surface area contributed by atoms with Gasteiger partial charge in [-0.1, -0.05) is 12.1 Å². The second kappa shape index (κ2) is 8.76. The molecule has 0 amide bonds. The Morgan fingerprint density at radius 1 is 0.970 bits per heavy atom. The molecule has 3 N–H and O–H groups in total. The van der Waals surface area contributed by atoms with E-state index in [1.165, 1.54) is 77.6 Å². The largest absolute Gasteiger partial charge is 0.508 e. The summed E-state index contributed by atoms with van der Waals surface area (Å²) in [6, 6.07) is 14.6. The van der Waals surface area contributed by atoms with E-state index in [-0.39, 0.29) is 22.0 Å². The van der Waals surface area contributed by atoms with Crippen molar-refractivity contribution in [3.8, 4) is 22.8 Å². The van der Waals surface area contributed by atoms with E-state index in [9.17, 15) is 27.8 Å². The molecule has 1 atom stereocenters. The van der Waals surface area contributed by atoms with Crippen molar-refractivity contribution in [3.05, 3.63) is 84.2 Å². The highest BCUT2D eigenvalue weighted by atomic mass is 32.2. The van der Waals surface area contributed by atoms with Crippen molar-refractivity contribution in [1.29, 1.82) is 0 Å². The minimum atomic E-state index is -4.19. The number of hydrogen-bond donors (Lipinski definition) is 3. The Balaban J connectivity index is 1.55. The maximum Gasteiger partial charge on any atom is 0.326 e. The number of aromatic nitrogens is 4. The van der Waals surface area contributed by atoms with E-state index < -0.39 is 27.9 Å². The van der Waals surface area contributed by atoms with Gasteiger partial charge >= 0.3 is 5.97 Å². The molecule has 0 aliphatic carbocycles. The van der Waals surface area contributed by atoms with Crippen molar-refractivity contribution in [3.63, 3.8) is 0 Å². The van der Waals surface area contributed by atoms with Gasteiger partial charge in [-0.2, -0.15) is 4.72 Å². The molecule has 0 saturated heterocycles. The molecular weight excluding hydrogens is 453 g/mol. The molecule has 0 bridgehead atoms. The Kier molecular flexibility index (Phi) is 5.85. The standard InChI is InChI=1S/C21H16FN5O5S/c22-15-5-7-16(8-6-15)27-24-20(23-26-27)14-3-11-18(12-4-14)33(31,32)25-19(21(29)30)13-1-9-17(28)10-2-13/h1-12,19,25,28H,(H,29,30). The summed E-state index contributed by atoms with van der Waals surface area (Å²) in [5.74, 6) is -1.67. The van der Waals surface area contributed by atoms with Gasteiger partial charge < -0.3 is 10.2 Å². The number of aromatic hydroxyl groups is 1. The number of rotatable bonds is 7. The van der Waals surface area contributed by atoms with Crippen LogP contribution < -0.4 is 4.72 Å². The number of carbonyl (C=O) groups is 1. The molecular formula is C21H16FN5O5S. The van der Waals surface area contributed by atoms with Gasteiger partial charge in [-0.05, 0) is 71.4 Å². The van der Waals surface area contributed by atoms with Crippen LogP contribution in [0, 0.1) is 5.82 Å². The van der Waals surface area contributed by atoms with Crippen LogP contribution >= 0.6 is 0 Å². The number of carboxylic acid groups (broad SMARTS) is 1. The summed E-state index contributed by atoms with van der Waals surface area (Å²) in [6.07, 6.45) is 0. The van der Waals surface area contributed by atoms with Crippen LogP contribution in [-0.4, -0.2) is 44.8 Å². The van der Waals surface area contributed by atoms with E-state index in [1.807, 2.05) is 0 Å². The first-order valence-electron chi connectivity index (χ1n) is 9.43. The molecule has 1 heterocycles. The summed E-state index contributed by atoms with van der Waals surface area (Å²) in [7, 11) is -4.19. The number of phenols is 1. The number of nitrogens with one attached hydrogen (secondary N) is 1. The van der Waals surface area contributed by atoms with E-state index in [4.69, 9.17) is 0 Å². The molecule has 0 aliphatic rings. The van der Waals surface area contributed by atoms with Gasteiger partial charge in [0.25, 0.3) is 0 Å². The molecule has 4 aromatic rings. The summed E-state index contributed by atoms with van der Waals surface area (Å²) in [4.78, 5) is 12.7. The zero-order chi connectivity index (χ0) is 23.6. The van der Waals surface area contributed by atoms with Crippen LogP contribution in [0.3, 0.4) is 0 Å². The van der Waals surface area contributed by atoms with Crippen molar-refractivity contribution in [1.82, 2.24) is 24.9 Å². The normalized spacial score (nSPS) is 12.4. The van der Waals surface area contributed by atoms with E-state index in [0.29, 0.717) is 11.3 Å². The maximum absolute atomic E-state index is 13.1. The second-order valence-corrected chi connectivity index (χ2v) is 8.60. The molecule has 4 rings (SSSR count). The van der Waals surface area contributed by atoms with Gasteiger partial charge in [0.05, 0.1) is 10.6 Å². The molecule has 10 nitrogen and oxygen atoms in total. The number of sulfonamides is 1. The average Bonchev–Trinajstić information content (AvgIpc) is 3.29. The van der Waals surface area contributed by atoms with Crippen molar-refractivity contribution in [2.75, 3.05) is 0 Å². The number of hydrogen-bond acceptors (Lipinski definition) is 7. The third-order valence-electron chi connectivity index (χ3n) is 4.64. The summed E-state index contributed by atoms with van der Waals surface area (Å²) in [5.41, 5.74) is 1.12. The lowest BCUT2D eigenvalue weighted by Crippen LogP contribution is -2.33. The lowest BCUT2D eigenvalue weighted by atomic mass is 10.1. The number of halogens is 1. The third-order valence-corrected chi connectivity index (χ3v) is 6.08. The molecule has 33 heavy (non-hydrogen) atoms. The molecule has 0 fully saturated rings. The summed E-state index contributed by atoms with van der Waals surface area (Å²) >= 11 is 0. The van der Waals surface area contributed by atoms with Crippen LogP contribution in [0.4, 0.5) is 4.39 Å². The molecule has 0 aliphatic heterocycles. The lowest BCUT2D eigenvalue weighted by molar-refractivity contribution is -0.139. The highest BCUT2D eigenvalue weighted by Gasteiger charge is 2.27. The Bertz CT molecular complexity index is 1390. The number of nitrogens with zero attached hydrogens (tertiary/aromatic N) is 4. The minimum Gasteiger partial charge on any atom is -0.508 e. The Morgan fingerprint density at radius 3 is 2.21 bits per heavy atom. The Morgan fingerprint density at radius 2 is 1.61 bits per heavy atom. The van der Waals surface area contributed by atoms with Crippen molar-refractivity contribution in [2.45, 2.75) is 10.9 Å². The fourth-order valence-corrected chi connectivity index (χ4v) is 4.13. The van der Waals surface area contributed by atoms with Crippen LogP contribution in [0.2, 0.25) is 0 Å². The third kappa shape index (κ3) is 4.86. The highest BCUT2D eigenvalue weighted by molar-refractivity contribution is 7.89. The molecule has 3 aromatic carbocycles. The quantitative estimate of drug-likeness (QED) is 0.373.